The molecule has 0 aliphatic heterocycles. The predicted molar refractivity (Wildman–Crippen MR) is 55.1 cm³/mol. The molecular weight excluding hydrogens is 156 g/mol. The third kappa shape index (κ3) is 0.918. The lowest BCUT2D eigenvalue weighted by molar-refractivity contribution is 0.419. The molecule has 3 rings (SSSR count). The van der Waals surface area contributed by atoms with Crippen LogP contribution in [0.1, 0.15) is 0 Å². The monoisotopic (exact) mass is 168 g/mol. The van der Waals surface area contributed by atoms with Crippen LogP contribution in [0, 0.1) is 17.3 Å². The highest BCUT2D eigenvalue weighted by Gasteiger charge is 2.45. The van der Waals surface area contributed by atoms with Gasteiger partial charge in [0.05, 0.1) is 0 Å². The van der Waals surface area contributed by atoms with E-state index in [1.165, 1.54) is 0 Å². The molecule has 0 nitrogen and oxygen atoms in total. The van der Waals surface area contributed by atoms with Crippen molar-refractivity contribution in [3.63, 3.8) is 0 Å². The van der Waals surface area contributed by atoms with E-state index in [1.54, 1.807) is 0 Å². The molecule has 13 heavy (non-hydrogen) atoms. The molecule has 0 spiro atoms. The van der Waals surface area contributed by atoms with E-state index in [2.05, 4.69) is 60.8 Å². The van der Waals surface area contributed by atoms with Crippen molar-refractivity contribution in [2.75, 3.05) is 0 Å². The fourth-order valence-electron chi connectivity index (χ4n) is 2.29. The van der Waals surface area contributed by atoms with Crippen molar-refractivity contribution in [1.82, 2.24) is 0 Å². The van der Waals surface area contributed by atoms with Crippen LogP contribution >= 0.6 is 0 Å². The second kappa shape index (κ2) is 2.35. The Morgan fingerprint density at radius 3 is 1.31 bits per heavy atom. The topological polar surface area (TPSA) is 0 Å². The smallest absolute Gasteiger partial charge is 0.0257 e. The molecule has 0 unspecified atom stereocenters. The normalized spacial score (nSPS) is 28.0. The molecule has 0 bridgehead atoms. The second-order valence-corrected chi connectivity index (χ2v) is 3.92. The predicted octanol–water partition coefficient (Wildman–Crippen LogP) is 3.03. The standard InChI is InChI=1S/C13H12/c1-2-6-11(5-1)13(9-10-13)12-7-3-4-8-12/h1-12H. The lowest BCUT2D eigenvalue weighted by atomic mass is 9.77. The summed E-state index contributed by atoms with van der Waals surface area (Å²) in [5.41, 5.74) is 0.313. The lowest BCUT2D eigenvalue weighted by Gasteiger charge is -2.25. The molecule has 3 aliphatic carbocycles. The Morgan fingerprint density at radius 2 is 1.00 bits per heavy atom. The number of rotatable bonds is 2. The van der Waals surface area contributed by atoms with Gasteiger partial charge in [0.15, 0.2) is 0 Å². The fourth-order valence-corrected chi connectivity index (χ4v) is 2.29. The van der Waals surface area contributed by atoms with Gasteiger partial charge in [0.2, 0.25) is 0 Å². The van der Waals surface area contributed by atoms with Gasteiger partial charge in [0.25, 0.3) is 0 Å². The molecule has 0 aromatic carbocycles. The first-order chi connectivity index (χ1) is 6.42. The Kier molecular flexibility index (Phi) is 1.29. The average Bonchev–Trinajstić information content (AvgIpc) is 2.68. The Labute approximate surface area is 78.7 Å². The third-order valence-corrected chi connectivity index (χ3v) is 3.20. The van der Waals surface area contributed by atoms with Gasteiger partial charge in [-0.15, -0.1) is 0 Å². The minimum absolute atomic E-state index is 0.313. The van der Waals surface area contributed by atoms with Gasteiger partial charge < -0.3 is 0 Å². The second-order valence-electron chi connectivity index (χ2n) is 3.92. The van der Waals surface area contributed by atoms with Gasteiger partial charge in [-0.05, 0) is 0 Å². The first-order valence-electron chi connectivity index (χ1n) is 4.82. The summed E-state index contributed by atoms with van der Waals surface area (Å²) in [4.78, 5) is 0. The van der Waals surface area contributed by atoms with Crippen molar-refractivity contribution in [3.8, 4) is 0 Å². The van der Waals surface area contributed by atoms with Crippen LogP contribution in [0.3, 0.4) is 0 Å². The first kappa shape index (κ1) is 7.14. The van der Waals surface area contributed by atoms with Gasteiger partial charge in [0, 0.05) is 17.3 Å². The lowest BCUT2D eigenvalue weighted by Crippen LogP contribution is -2.20. The average molecular weight is 168 g/mol. The molecule has 0 heterocycles. The molecule has 0 N–H and O–H groups in total. The van der Waals surface area contributed by atoms with Crippen molar-refractivity contribution >= 4 is 0 Å². The van der Waals surface area contributed by atoms with Crippen LogP contribution in [0.25, 0.3) is 0 Å². The maximum Gasteiger partial charge on any atom is 0.0257 e. The van der Waals surface area contributed by atoms with Crippen LogP contribution in [0.5, 0.6) is 0 Å². The van der Waals surface area contributed by atoms with Gasteiger partial charge in [-0.2, -0.15) is 0 Å². The maximum absolute atomic E-state index is 2.34. The Bertz CT molecular complexity index is 303. The van der Waals surface area contributed by atoms with Gasteiger partial charge >= 0.3 is 0 Å². The van der Waals surface area contributed by atoms with Crippen molar-refractivity contribution in [2.45, 2.75) is 0 Å². The zero-order valence-electron chi connectivity index (χ0n) is 7.43. The highest BCUT2D eigenvalue weighted by molar-refractivity contribution is 5.43. The Hall–Kier alpha value is -1.30. The van der Waals surface area contributed by atoms with Crippen LogP contribution < -0.4 is 0 Å². The molecule has 0 aromatic heterocycles. The molecule has 0 amide bonds. The van der Waals surface area contributed by atoms with Gasteiger partial charge in [0.1, 0.15) is 0 Å². The molecule has 0 saturated heterocycles. The zero-order valence-corrected chi connectivity index (χ0v) is 7.43. The largest absolute Gasteiger partial charge is 0.0764 e. The van der Waals surface area contributed by atoms with Gasteiger partial charge in [-0.1, -0.05) is 60.8 Å². The minimum Gasteiger partial charge on any atom is -0.0764 e. The summed E-state index contributed by atoms with van der Waals surface area (Å²) in [6.07, 6.45) is 22.4. The van der Waals surface area contributed by atoms with Crippen molar-refractivity contribution in [1.29, 1.82) is 0 Å². The zero-order chi connectivity index (χ0) is 8.73. The summed E-state index contributed by atoms with van der Waals surface area (Å²) in [5, 5.41) is 0. The quantitative estimate of drug-likeness (QED) is 0.556. The molecule has 3 aliphatic rings. The SMILES string of the molecule is C1=CC(C2(C3C=CC=C3)C=C2)C=C1. The van der Waals surface area contributed by atoms with E-state index in [0.717, 1.165) is 0 Å². The van der Waals surface area contributed by atoms with E-state index in [-0.39, 0.29) is 0 Å². The first-order valence-corrected chi connectivity index (χ1v) is 4.82. The summed E-state index contributed by atoms with van der Waals surface area (Å²) >= 11 is 0. The number of allylic oxidation sites excluding steroid dienone is 10. The molecule has 0 saturated carbocycles. The number of hydrogen-bond donors (Lipinski definition) is 0. The molecule has 0 heteroatoms. The molecular formula is C13H12. The highest BCUT2D eigenvalue weighted by Crippen LogP contribution is 2.53. The van der Waals surface area contributed by atoms with Crippen molar-refractivity contribution in [3.05, 3.63) is 60.8 Å². The molecule has 64 valence electrons. The van der Waals surface area contributed by atoms with E-state index < -0.39 is 0 Å². The van der Waals surface area contributed by atoms with Crippen LogP contribution in [-0.4, -0.2) is 0 Å². The number of hydrogen-bond acceptors (Lipinski definition) is 0. The third-order valence-electron chi connectivity index (χ3n) is 3.20. The molecule has 0 atom stereocenters. The van der Waals surface area contributed by atoms with Crippen LogP contribution in [-0.2, 0) is 0 Å². The summed E-state index contributed by atoms with van der Waals surface area (Å²) in [5.74, 6) is 1.18. The van der Waals surface area contributed by atoms with Gasteiger partial charge in [-0.3, -0.25) is 0 Å². The van der Waals surface area contributed by atoms with Crippen LogP contribution in [0.2, 0.25) is 0 Å². The Balaban J connectivity index is 1.88. The summed E-state index contributed by atoms with van der Waals surface area (Å²) in [6, 6.07) is 0. The van der Waals surface area contributed by atoms with Crippen molar-refractivity contribution in [2.24, 2.45) is 17.3 Å². The molecule has 0 aromatic rings. The van der Waals surface area contributed by atoms with E-state index in [9.17, 15) is 0 Å². The maximum atomic E-state index is 2.34. The van der Waals surface area contributed by atoms with E-state index in [0.29, 0.717) is 17.3 Å². The molecule has 0 fully saturated rings. The highest BCUT2D eigenvalue weighted by atomic mass is 14.5. The summed E-state index contributed by atoms with van der Waals surface area (Å²) in [6.45, 7) is 0. The van der Waals surface area contributed by atoms with Crippen LogP contribution in [0.15, 0.2) is 60.8 Å². The van der Waals surface area contributed by atoms with Gasteiger partial charge in [-0.25, -0.2) is 0 Å². The minimum atomic E-state index is 0.313. The Morgan fingerprint density at radius 1 is 0.615 bits per heavy atom. The van der Waals surface area contributed by atoms with Crippen LogP contribution in [0.4, 0.5) is 0 Å². The van der Waals surface area contributed by atoms with Crippen molar-refractivity contribution < 1.29 is 0 Å². The fraction of sp³-hybridized carbons (Fsp3) is 0.231. The van der Waals surface area contributed by atoms with E-state index in [4.69, 9.17) is 0 Å². The van der Waals surface area contributed by atoms with E-state index in [1.807, 2.05) is 0 Å². The molecule has 0 radical (unpaired) electrons. The van der Waals surface area contributed by atoms with E-state index >= 15 is 0 Å². The summed E-state index contributed by atoms with van der Waals surface area (Å²) in [7, 11) is 0. The summed E-state index contributed by atoms with van der Waals surface area (Å²) < 4.78 is 0.